The number of hydrogen-bond donors (Lipinski definition) is 1. The molecule has 2 rings (SSSR count). The highest BCUT2D eigenvalue weighted by Gasteiger charge is 2.21. The third kappa shape index (κ3) is 3.92. The molecule has 0 amide bonds. The van der Waals surface area contributed by atoms with Crippen LogP contribution in [-0.2, 0) is 6.54 Å². The van der Waals surface area contributed by atoms with Gasteiger partial charge in [-0.2, -0.15) is 0 Å². The quantitative estimate of drug-likeness (QED) is 0.607. The maximum absolute atomic E-state index is 11.0. The van der Waals surface area contributed by atoms with Crippen molar-refractivity contribution in [1.29, 1.82) is 0 Å². The molecule has 1 N–H and O–H groups in total. The normalized spacial score (nSPS) is 16.1. The molecule has 0 aromatic heterocycles. The number of nitro benzene ring substituents is 1. The largest absolute Gasteiger partial charge is 0.484 e. The van der Waals surface area contributed by atoms with Gasteiger partial charge >= 0.3 is 5.69 Å². The number of nitro groups is 1. The zero-order chi connectivity index (χ0) is 13.8. The number of hydrogen-bond acceptors (Lipinski definition) is 4. The molecular weight excluding hydrogens is 244 g/mol. The van der Waals surface area contributed by atoms with Crippen molar-refractivity contribution in [3.05, 3.63) is 33.9 Å². The second-order valence-corrected chi connectivity index (χ2v) is 5.05. The first-order chi connectivity index (χ1) is 9.10. The van der Waals surface area contributed by atoms with Crippen LogP contribution in [0.5, 0.6) is 5.75 Å². The van der Waals surface area contributed by atoms with Crippen LogP contribution in [0.2, 0.25) is 0 Å². The van der Waals surface area contributed by atoms with E-state index >= 15 is 0 Å². The van der Waals surface area contributed by atoms with Gasteiger partial charge in [-0.25, -0.2) is 0 Å². The monoisotopic (exact) mass is 264 g/mol. The van der Waals surface area contributed by atoms with E-state index in [0.29, 0.717) is 11.8 Å². The number of nitrogens with zero attached hydrogens (tertiary/aromatic N) is 1. The molecule has 19 heavy (non-hydrogen) atoms. The van der Waals surface area contributed by atoms with Crippen LogP contribution in [0, 0.1) is 10.1 Å². The van der Waals surface area contributed by atoms with Gasteiger partial charge in [0.25, 0.3) is 0 Å². The van der Waals surface area contributed by atoms with E-state index in [1.54, 1.807) is 12.1 Å². The van der Waals surface area contributed by atoms with Crippen molar-refractivity contribution in [3.63, 3.8) is 0 Å². The Morgan fingerprint density at radius 1 is 1.53 bits per heavy atom. The van der Waals surface area contributed by atoms with Crippen molar-refractivity contribution in [2.24, 2.45) is 0 Å². The molecule has 0 spiro atoms. The number of benzene rings is 1. The molecule has 5 nitrogen and oxygen atoms in total. The SMILES string of the molecule is CCC(C)Oc1cc(CNC2CC2)ccc1[N+](=O)[O-]. The van der Waals surface area contributed by atoms with Crippen LogP contribution in [-0.4, -0.2) is 17.1 Å². The van der Waals surface area contributed by atoms with E-state index in [-0.39, 0.29) is 11.8 Å². The molecular formula is C14H20N2O3. The Labute approximate surface area is 113 Å². The van der Waals surface area contributed by atoms with E-state index in [4.69, 9.17) is 4.74 Å². The Morgan fingerprint density at radius 2 is 2.26 bits per heavy atom. The fraction of sp³-hybridized carbons (Fsp3) is 0.571. The Bertz CT molecular complexity index is 458. The third-order valence-corrected chi connectivity index (χ3v) is 3.30. The summed E-state index contributed by atoms with van der Waals surface area (Å²) in [5, 5.41) is 14.4. The van der Waals surface area contributed by atoms with Gasteiger partial charge < -0.3 is 10.1 Å². The summed E-state index contributed by atoms with van der Waals surface area (Å²) in [6.45, 7) is 4.65. The van der Waals surface area contributed by atoms with Crippen molar-refractivity contribution in [1.82, 2.24) is 5.32 Å². The van der Waals surface area contributed by atoms with Gasteiger partial charge in [-0.15, -0.1) is 0 Å². The van der Waals surface area contributed by atoms with Gasteiger partial charge in [0, 0.05) is 18.7 Å². The van der Waals surface area contributed by atoms with Gasteiger partial charge in [-0.1, -0.05) is 13.0 Å². The number of ether oxygens (including phenoxy) is 1. The van der Waals surface area contributed by atoms with Gasteiger partial charge in [-0.3, -0.25) is 10.1 Å². The average Bonchev–Trinajstić information content (AvgIpc) is 3.20. The summed E-state index contributed by atoms with van der Waals surface area (Å²) >= 11 is 0. The molecule has 1 aliphatic rings. The van der Waals surface area contributed by atoms with Crippen molar-refractivity contribution in [2.75, 3.05) is 0 Å². The lowest BCUT2D eigenvalue weighted by molar-refractivity contribution is -0.386. The molecule has 1 aliphatic carbocycles. The van der Waals surface area contributed by atoms with Crippen molar-refractivity contribution < 1.29 is 9.66 Å². The van der Waals surface area contributed by atoms with Crippen LogP contribution in [0.1, 0.15) is 38.7 Å². The molecule has 1 aromatic carbocycles. The maximum Gasteiger partial charge on any atom is 0.310 e. The van der Waals surface area contributed by atoms with Crippen molar-refractivity contribution in [3.8, 4) is 5.75 Å². The molecule has 1 atom stereocenters. The molecule has 1 fully saturated rings. The summed E-state index contributed by atoms with van der Waals surface area (Å²) in [7, 11) is 0. The first-order valence-corrected chi connectivity index (χ1v) is 6.77. The maximum atomic E-state index is 11.0. The van der Waals surface area contributed by atoms with Gasteiger partial charge in [0.05, 0.1) is 11.0 Å². The highest BCUT2D eigenvalue weighted by Crippen LogP contribution is 2.29. The van der Waals surface area contributed by atoms with Crippen molar-refractivity contribution >= 4 is 5.69 Å². The van der Waals surface area contributed by atoms with Crippen LogP contribution in [0.4, 0.5) is 5.69 Å². The van der Waals surface area contributed by atoms with E-state index in [1.807, 2.05) is 13.8 Å². The van der Waals surface area contributed by atoms with Crippen LogP contribution >= 0.6 is 0 Å². The summed E-state index contributed by atoms with van der Waals surface area (Å²) in [6.07, 6.45) is 3.25. The van der Waals surface area contributed by atoms with Gasteiger partial charge in [0.1, 0.15) is 0 Å². The Balaban J connectivity index is 2.13. The molecule has 0 heterocycles. The number of rotatable bonds is 7. The Kier molecular flexibility index (Phi) is 4.37. The summed E-state index contributed by atoms with van der Waals surface area (Å²) in [6, 6.07) is 5.72. The average molecular weight is 264 g/mol. The zero-order valence-corrected chi connectivity index (χ0v) is 11.4. The highest BCUT2D eigenvalue weighted by atomic mass is 16.6. The molecule has 1 saturated carbocycles. The van der Waals surface area contributed by atoms with Crippen LogP contribution < -0.4 is 10.1 Å². The fourth-order valence-electron chi connectivity index (χ4n) is 1.76. The predicted molar refractivity (Wildman–Crippen MR) is 73.3 cm³/mol. The van der Waals surface area contributed by atoms with Gasteiger partial charge in [0.2, 0.25) is 0 Å². The molecule has 1 aromatic rings. The second-order valence-electron chi connectivity index (χ2n) is 5.05. The smallest absolute Gasteiger partial charge is 0.310 e. The molecule has 104 valence electrons. The second kappa shape index (κ2) is 6.02. The lowest BCUT2D eigenvalue weighted by atomic mass is 10.2. The molecule has 0 radical (unpaired) electrons. The van der Waals surface area contributed by atoms with E-state index in [9.17, 15) is 10.1 Å². The first kappa shape index (κ1) is 13.8. The van der Waals surface area contributed by atoms with Gasteiger partial charge in [0.15, 0.2) is 5.75 Å². The minimum Gasteiger partial charge on any atom is -0.484 e. The minimum absolute atomic E-state index is 0.0228. The van der Waals surface area contributed by atoms with Crippen molar-refractivity contribution in [2.45, 2.75) is 51.8 Å². The predicted octanol–water partition coefficient (Wildman–Crippen LogP) is 3.02. The van der Waals surface area contributed by atoms with E-state index in [1.165, 1.54) is 18.9 Å². The van der Waals surface area contributed by atoms with Crippen LogP contribution in [0.15, 0.2) is 18.2 Å². The molecule has 5 heteroatoms. The van der Waals surface area contributed by atoms with E-state index in [0.717, 1.165) is 18.5 Å². The number of nitrogens with one attached hydrogen (secondary N) is 1. The minimum atomic E-state index is -0.393. The zero-order valence-electron chi connectivity index (χ0n) is 11.4. The van der Waals surface area contributed by atoms with Crippen LogP contribution in [0.3, 0.4) is 0 Å². The standard InChI is InChI=1S/C14H20N2O3/c1-3-10(2)19-14-8-11(9-15-12-5-6-12)4-7-13(14)16(17)18/h4,7-8,10,12,15H,3,5-6,9H2,1-2H3. The highest BCUT2D eigenvalue weighted by molar-refractivity contribution is 5.48. The lowest BCUT2D eigenvalue weighted by Gasteiger charge is -2.13. The van der Waals surface area contributed by atoms with Gasteiger partial charge in [-0.05, 0) is 37.8 Å². The summed E-state index contributed by atoms with van der Waals surface area (Å²) < 4.78 is 5.65. The summed E-state index contributed by atoms with van der Waals surface area (Å²) in [5.41, 5.74) is 1.06. The topological polar surface area (TPSA) is 64.4 Å². The molecule has 0 saturated heterocycles. The Hall–Kier alpha value is -1.62. The van der Waals surface area contributed by atoms with E-state index in [2.05, 4.69) is 5.32 Å². The van der Waals surface area contributed by atoms with E-state index < -0.39 is 4.92 Å². The first-order valence-electron chi connectivity index (χ1n) is 6.77. The summed E-state index contributed by atoms with van der Waals surface area (Å²) in [4.78, 5) is 10.6. The fourth-order valence-corrected chi connectivity index (χ4v) is 1.76. The van der Waals surface area contributed by atoms with Crippen LogP contribution in [0.25, 0.3) is 0 Å². The molecule has 0 aliphatic heterocycles. The Morgan fingerprint density at radius 3 is 2.84 bits per heavy atom. The third-order valence-electron chi connectivity index (χ3n) is 3.30. The summed E-state index contributed by atoms with van der Waals surface area (Å²) in [5.74, 6) is 0.370. The lowest BCUT2D eigenvalue weighted by Crippen LogP contribution is -2.16. The molecule has 1 unspecified atom stereocenters. The molecule has 0 bridgehead atoms.